The van der Waals surface area contributed by atoms with Crippen LogP contribution < -0.4 is 15.4 Å². The van der Waals surface area contributed by atoms with Gasteiger partial charge in [-0.2, -0.15) is 0 Å². The highest BCUT2D eigenvalue weighted by molar-refractivity contribution is 6.05. The molecular weight excluding hydrogens is 376 g/mol. The Balaban J connectivity index is 1.57. The maximum atomic E-state index is 12.7. The number of hydrogen-bond donors (Lipinski definition) is 2. The third-order valence-electron chi connectivity index (χ3n) is 6.47. The molecule has 1 aromatic heterocycles. The monoisotopic (exact) mass is 406 g/mol. The maximum absolute atomic E-state index is 12.7. The number of ether oxygens (including phenoxy) is 1. The minimum absolute atomic E-state index is 0.270. The van der Waals surface area contributed by atoms with Gasteiger partial charge in [-0.1, -0.05) is 51.0 Å². The molecule has 0 bridgehead atoms. The molecular formula is C25H30N2O3. The van der Waals surface area contributed by atoms with E-state index < -0.39 is 0 Å². The van der Waals surface area contributed by atoms with E-state index in [0.717, 1.165) is 29.1 Å². The number of nitrogens with one attached hydrogen (secondary N) is 2. The molecule has 0 saturated heterocycles. The molecule has 30 heavy (non-hydrogen) atoms. The van der Waals surface area contributed by atoms with E-state index in [9.17, 15) is 4.79 Å². The van der Waals surface area contributed by atoms with E-state index in [-0.39, 0.29) is 11.7 Å². The van der Waals surface area contributed by atoms with Gasteiger partial charge in [-0.3, -0.25) is 4.79 Å². The van der Waals surface area contributed by atoms with Crippen LogP contribution in [0, 0.1) is 11.8 Å². The molecule has 0 aliphatic heterocycles. The molecule has 1 fully saturated rings. The fourth-order valence-electron chi connectivity index (χ4n) is 4.41. The summed E-state index contributed by atoms with van der Waals surface area (Å²) in [5, 5.41) is 7.54. The Hall–Kier alpha value is -2.79. The van der Waals surface area contributed by atoms with Crippen molar-refractivity contribution < 1.29 is 13.9 Å². The Morgan fingerprint density at radius 1 is 1.13 bits per heavy atom. The zero-order valence-corrected chi connectivity index (χ0v) is 17.9. The summed E-state index contributed by atoms with van der Waals surface area (Å²) in [6, 6.07) is 15.7. The molecule has 0 spiro atoms. The van der Waals surface area contributed by atoms with Crippen molar-refractivity contribution in [3.63, 3.8) is 0 Å². The third kappa shape index (κ3) is 4.21. The summed E-state index contributed by atoms with van der Waals surface area (Å²) in [5.41, 5.74) is 2.45. The van der Waals surface area contributed by atoms with Crippen molar-refractivity contribution in [1.29, 1.82) is 0 Å². The van der Waals surface area contributed by atoms with Gasteiger partial charge in [-0.15, -0.1) is 0 Å². The predicted octanol–water partition coefficient (Wildman–Crippen LogP) is 5.61. The molecule has 0 radical (unpaired) electrons. The van der Waals surface area contributed by atoms with Gasteiger partial charge in [0.2, 0.25) is 0 Å². The van der Waals surface area contributed by atoms with Crippen LogP contribution in [0.3, 0.4) is 0 Å². The number of fused-ring (bicyclic) bond motifs is 1. The summed E-state index contributed by atoms with van der Waals surface area (Å²) in [7, 11) is 1.62. The highest BCUT2D eigenvalue weighted by Crippen LogP contribution is 2.33. The summed E-state index contributed by atoms with van der Waals surface area (Å²) >= 11 is 0. The van der Waals surface area contributed by atoms with Crippen molar-refractivity contribution in [2.45, 2.75) is 45.7 Å². The summed E-state index contributed by atoms with van der Waals surface area (Å²) < 4.78 is 11.4. The van der Waals surface area contributed by atoms with E-state index in [2.05, 4.69) is 30.5 Å². The molecule has 5 nitrogen and oxygen atoms in total. The number of carbonyl (C=O) groups excluding carboxylic acids is 1. The molecule has 4 rings (SSSR count). The summed E-state index contributed by atoms with van der Waals surface area (Å²) in [5.74, 6) is 2.04. The summed E-state index contributed by atoms with van der Waals surface area (Å²) in [6.07, 6.45) is 3.80. The molecule has 1 amide bonds. The molecule has 3 unspecified atom stereocenters. The Morgan fingerprint density at radius 2 is 1.93 bits per heavy atom. The number of benzene rings is 2. The van der Waals surface area contributed by atoms with Crippen LogP contribution >= 0.6 is 0 Å². The predicted molar refractivity (Wildman–Crippen MR) is 120 cm³/mol. The number of rotatable bonds is 6. The number of carbonyl (C=O) groups is 1. The standard InChI is InChI=1S/C25H30N2O3/c1-16-8-7-11-21(17(16)2)26-15-18-12-13-22(29-3)24-20(18)14-23(30-24)25(28)27-19-9-5-4-6-10-19/h4-6,9-10,12-14,16-17,21,26H,7-8,11,15H2,1-3H3,(H,27,28). The molecule has 158 valence electrons. The van der Waals surface area contributed by atoms with E-state index in [0.29, 0.717) is 23.3 Å². The molecule has 3 atom stereocenters. The van der Waals surface area contributed by atoms with E-state index in [1.165, 1.54) is 19.3 Å². The largest absolute Gasteiger partial charge is 0.493 e. The van der Waals surface area contributed by atoms with Crippen LogP contribution in [0.25, 0.3) is 11.0 Å². The second-order valence-electron chi connectivity index (χ2n) is 8.36. The van der Waals surface area contributed by atoms with Crippen LogP contribution in [0.1, 0.15) is 49.2 Å². The number of furan rings is 1. The highest BCUT2D eigenvalue weighted by Gasteiger charge is 2.27. The van der Waals surface area contributed by atoms with Gasteiger partial charge in [0.05, 0.1) is 7.11 Å². The zero-order valence-electron chi connectivity index (χ0n) is 17.9. The first-order chi connectivity index (χ1) is 14.6. The van der Waals surface area contributed by atoms with Gasteiger partial charge < -0.3 is 19.8 Å². The van der Waals surface area contributed by atoms with Crippen molar-refractivity contribution in [2.24, 2.45) is 11.8 Å². The third-order valence-corrected chi connectivity index (χ3v) is 6.47. The lowest BCUT2D eigenvalue weighted by molar-refractivity contribution is 0.0998. The number of methoxy groups -OCH3 is 1. The summed E-state index contributed by atoms with van der Waals surface area (Å²) in [4.78, 5) is 12.7. The minimum atomic E-state index is -0.270. The van der Waals surface area contributed by atoms with Gasteiger partial charge in [0.15, 0.2) is 17.1 Å². The van der Waals surface area contributed by atoms with Crippen molar-refractivity contribution in [1.82, 2.24) is 5.32 Å². The maximum Gasteiger partial charge on any atom is 0.291 e. The lowest BCUT2D eigenvalue weighted by Gasteiger charge is -2.34. The molecule has 5 heteroatoms. The fraction of sp³-hybridized carbons (Fsp3) is 0.400. The van der Waals surface area contributed by atoms with Gasteiger partial charge in [0, 0.05) is 23.7 Å². The quantitative estimate of drug-likeness (QED) is 0.559. The van der Waals surface area contributed by atoms with Gasteiger partial charge in [-0.25, -0.2) is 0 Å². The van der Waals surface area contributed by atoms with Crippen molar-refractivity contribution in [3.8, 4) is 5.75 Å². The van der Waals surface area contributed by atoms with Crippen LogP contribution in [0.15, 0.2) is 52.9 Å². The lowest BCUT2D eigenvalue weighted by Crippen LogP contribution is -2.40. The molecule has 1 aliphatic rings. The topological polar surface area (TPSA) is 63.5 Å². The summed E-state index contributed by atoms with van der Waals surface area (Å²) in [6.45, 7) is 5.42. The second kappa shape index (κ2) is 8.92. The molecule has 3 aromatic rings. The molecule has 2 aromatic carbocycles. The highest BCUT2D eigenvalue weighted by atomic mass is 16.5. The number of amides is 1. The second-order valence-corrected chi connectivity index (χ2v) is 8.36. The Bertz CT molecular complexity index is 1010. The average molecular weight is 407 g/mol. The van der Waals surface area contributed by atoms with Crippen LogP contribution in [0.5, 0.6) is 5.75 Å². The first-order valence-corrected chi connectivity index (χ1v) is 10.8. The number of hydrogen-bond acceptors (Lipinski definition) is 4. The van der Waals surface area contributed by atoms with Crippen LogP contribution in [-0.2, 0) is 6.54 Å². The molecule has 2 N–H and O–H groups in total. The Labute approximate surface area is 177 Å². The SMILES string of the molecule is COc1ccc(CNC2CCCC(C)C2C)c2cc(C(=O)Nc3ccccc3)oc12. The molecule has 1 heterocycles. The van der Waals surface area contributed by atoms with Crippen molar-refractivity contribution in [3.05, 3.63) is 59.9 Å². The normalized spacial score (nSPS) is 21.5. The van der Waals surface area contributed by atoms with E-state index in [4.69, 9.17) is 9.15 Å². The van der Waals surface area contributed by atoms with Crippen molar-refractivity contribution in [2.75, 3.05) is 12.4 Å². The average Bonchev–Trinajstić information content (AvgIpc) is 3.21. The van der Waals surface area contributed by atoms with Gasteiger partial charge in [0.25, 0.3) is 5.91 Å². The lowest BCUT2D eigenvalue weighted by atomic mass is 9.78. The molecule has 1 aliphatic carbocycles. The first kappa shape index (κ1) is 20.5. The van der Waals surface area contributed by atoms with Gasteiger partial charge >= 0.3 is 0 Å². The van der Waals surface area contributed by atoms with E-state index >= 15 is 0 Å². The van der Waals surface area contributed by atoms with Crippen LogP contribution in [-0.4, -0.2) is 19.1 Å². The smallest absolute Gasteiger partial charge is 0.291 e. The number of anilines is 1. The zero-order chi connectivity index (χ0) is 21.1. The van der Waals surface area contributed by atoms with Crippen LogP contribution in [0.4, 0.5) is 5.69 Å². The van der Waals surface area contributed by atoms with Gasteiger partial charge in [0.1, 0.15) is 0 Å². The fourth-order valence-corrected chi connectivity index (χ4v) is 4.41. The van der Waals surface area contributed by atoms with Crippen molar-refractivity contribution >= 4 is 22.6 Å². The Morgan fingerprint density at radius 3 is 2.70 bits per heavy atom. The van der Waals surface area contributed by atoms with Gasteiger partial charge in [-0.05, 0) is 48.1 Å². The van der Waals surface area contributed by atoms with E-state index in [1.807, 2.05) is 42.5 Å². The van der Waals surface area contributed by atoms with E-state index in [1.54, 1.807) is 7.11 Å². The number of para-hydroxylation sites is 1. The van der Waals surface area contributed by atoms with Crippen LogP contribution in [0.2, 0.25) is 0 Å². The minimum Gasteiger partial charge on any atom is -0.493 e. The molecule has 1 saturated carbocycles. The Kier molecular flexibility index (Phi) is 6.09. The first-order valence-electron chi connectivity index (χ1n) is 10.8.